The van der Waals surface area contributed by atoms with Crippen LogP contribution in [-0.2, 0) is 6.42 Å². The van der Waals surface area contributed by atoms with E-state index in [0.29, 0.717) is 5.92 Å². The number of halogens is 1. The fraction of sp³-hybridized carbons (Fsp3) is 0.419. The molecule has 0 bridgehead atoms. The molecule has 0 amide bonds. The summed E-state index contributed by atoms with van der Waals surface area (Å²) in [4.78, 5) is 0. The van der Waals surface area contributed by atoms with E-state index in [1.807, 2.05) is 0 Å². The van der Waals surface area contributed by atoms with Crippen LogP contribution in [0.2, 0.25) is 5.02 Å². The average molecular weight is 463 g/mol. The predicted octanol–water partition coefficient (Wildman–Crippen LogP) is 10.0. The minimum atomic E-state index is 0.653. The van der Waals surface area contributed by atoms with Gasteiger partial charge in [-0.25, -0.2) is 0 Å². The van der Waals surface area contributed by atoms with E-state index < -0.39 is 0 Å². The maximum atomic E-state index is 6.58. The van der Waals surface area contributed by atoms with Gasteiger partial charge in [0.1, 0.15) is 5.75 Å². The Morgan fingerprint density at radius 3 is 1.85 bits per heavy atom. The summed E-state index contributed by atoms with van der Waals surface area (Å²) >= 11 is 6.58. The van der Waals surface area contributed by atoms with E-state index in [0.717, 1.165) is 35.8 Å². The van der Waals surface area contributed by atoms with Crippen LogP contribution in [0.15, 0.2) is 66.7 Å². The van der Waals surface area contributed by atoms with Crippen molar-refractivity contribution in [3.05, 3.63) is 77.3 Å². The smallest absolute Gasteiger partial charge is 0.119 e. The van der Waals surface area contributed by atoms with Crippen LogP contribution in [0.3, 0.4) is 0 Å². The second kappa shape index (κ2) is 13.5. The summed E-state index contributed by atoms with van der Waals surface area (Å²) in [7, 11) is 0. The molecule has 0 aliphatic rings. The van der Waals surface area contributed by atoms with Crippen LogP contribution in [-0.4, -0.2) is 6.61 Å². The van der Waals surface area contributed by atoms with Gasteiger partial charge in [0.05, 0.1) is 6.61 Å². The van der Waals surface area contributed by atoms with Crippen molar-refractivity contribution in [1.29, 1.82) is 0 Å². The number of unbranched alkanes of at least 4 members (excludes halogenated alkanes) is 5. The first kappa shape index (κ1) is 25.4. The van der Waals surface area contributed by atoms with Crippen LogP contribution in [0.1, 0.15) is 71.3 Å². The van der Waals surface area contributed by atoms with Crippen molar-refractivity contribution in [2.24, 2.45) is 5.92 Å². The Labute approximate surface area is 206 Å². The minimum Gasteiger partial charge on any atom is -0.494 e. The number of rotatable bonds is 13. The summed E-state index contributed by atoms with van der Waals surface area (Å²) in [6.45, 7) is 7.56. The third-order valence-electron chi connectivity index (χ3n) is 6.49. The number of benzene rings is 3. The van der Waals surface area contributed by atoms with Gasteiger partial charge in [-0.1, -0.05) is 119 Å². The lowest BCUT2D eigenvalue weighted by Crippen LogP contribution is -1.98. The van der Waals surface area contributed by atoms with Crippen LogP contribution in [0.4, 0.5) is 0 Å². The molecular weight excluding hydrogens is 424 g/mol. The molecule has 1 atom stereocenters. The van der Waals surface area contributed by atoms with Crippen molar-refractivity contribution in [3.63, 3.8) is 0 Å². The molecule has 0 radical (unpaired) electrons. The van der Waals surface area contributed by atoms with Crippen molar-refractivity contribution in [2.45, 2.75) is 72.1 Å². The third kappa shape index (κ3) is 7.93. The number of hydrogen-bond donors (Lipinski definition) is 0. The van der Waals surface area contributed by atoms with E-state index in [2.05, 4.69) is 87.5 Å². The number of ether oxygens (including phenoxy) is 1. The molecule has 0 fully saturated rings. The summed E-state index contributed by atoms with van der Waals surface area (Å²) in [5.41, 5.74) is 6.01. The highest BCUT2D eigenvalue weighted by atomic mass is 35.5. The van der Waals surface area contributed by atoms with E-state index >= 15 is 0 Å². The largest absolute Gasteiger partial charge is 0.494 e. The molecule has 2 heteroatoms. The molecule has 176 valence electrons. The highest BCUT2D eigenvalue weighted by Crippen LogP contribution is 2.30. The van der Waals surface area contributed by atoms with Gasteiger partial charge in [-0.15, -0.1) is 0 Å². The fourth-order valence-electron chi connectivity index (χ4n) is 4.08. The zero-order chi connectivity index (χ0) is 23.5. The summed E-state index contributed by atoms with van der Waals surface area (Å²) in [5, 5.41) is 0.869. The van der Waals surface area contributed by atoms with Gasteiger partial charge in [-0.05, 0) is 64.8 Å². The molecule has 3 rings (SSSR count). The van der Waals surface area contributed by atoms with Gasteiger partial charge in [0.25, 0.3) is 0 Å². The van der Waals surface area contributed by atoms with Gasteiger partial charge in [-0.3, -0.25) is 0 Å². The van der Waals surface area contributed by atoms with Gasteiger partial charge in [0.2, 0.25) is 0 Å². The molecule has 3 aromatic rings. The highest BCUT2D eigenvalue weighted by Gasteiger charge is 2.08. The van der Waals surface area contributed by atoms with Gasteiger partial charge >= 0.3 is 0 Å². The molecule has 1 unspecified atom stereocenters. The second-order valence-electron chi connectivity index (χ2n) is 9.24. The van der Waals surface area contributed by atoms with E-state index in [-0.39, 0.29) is 0 Å². The third-order valence-corrected chi connectivity index (χ3v) is 6.84. The van der Waals surface area contributed by atoms with Gasteiger partial charge in [-0.2, -0.15) is 0 Å². The Bertz CT molecular complexity index is 959. The average Bonchev–Trinajstić information content (AvgIpc) is 2.85. The van der Waals surface area contributed by atoms with Crippen molar-refractivity contribution < 1.29 is 4.74 Å². The minimum absolute atomic E-state index is 0.653. The monoisotopic (exact) mass is 462 g/mol. The van der Waals surface area contributed by atoms with Gasteiger partial charge in [0.15, 0.2) is 0 Å². The zero-order valence-corrected chi connectivity index (χ0v) is 21.3. The second-order valence-corrected chi connectivity index (χ2v) is 9.65. The maximum absolute atomic E-state index is 6.58. The van der Waals surface area contributed by atoms with E-state index in [1.165, 1.54) is 60.8 Å². The zero-order valence-electron chi connectivity index (χ0n) is 20.6. The van der Waals surface area contributed by atoms with Crippen LogP contribution in [0, 0.1) is 5.92 Å². The van der Waals surface area contributed by atoms with E-state index in [9.17, 15) is 0 Å². The van der Waals surface area contributed by atoms with Gasteiger partial charge in [0, 0.05) is 5.02 Å². The fourth-order valence-corrected chi connectivity index (χ4v) is 4.34. The summed E-state index contributed by atoms with van der Waals surface area (Å²) in [5.74, 6) is 1.61. The first-order chi connectivity index (χ1) is 16.1. The van der Waals surface area contributed by atoms with E-state index in [1.54, 1.807) is 0 Å². The van der Waals surface area contributed by atoms with Gasteiger partial charge < -0.3 is 4.74 Å². The molecule has 0 N–H and O–H groups in total. The van der Waals surface area contributed by atoms with Crippen molar-refractivity contribution in [2.75, 3.05) is 6.61 Å². The molecule has 0 saturated heterocycles. The normalized spacial score (nSPS) is 12.0. The standard InChI is InChI=1S/C31H39ClO/c1-4-6-7-8-9-10-21-33-30-19-17-26(18-20-30)25-11-13-27(14-12-25)28-15-16-29(31(32)23-28)22-24(3)5-2/h11-20,23-24H,4-10,21-22H2,1-3H3. The summed E-state index contributed by atoms with van der Waals surface area (Å²) in [6.07, 6.45) is 9.92. The molecule has 0 spiro atoms. The van der Waals surface area contributed by atoms with Crippen LogP contribution in [0.5, 0.6) is 5.75 Å². The van der Waals surface area contributed by atoms with Crippen LogP contribution < -0.4 is 4.74 Å². The lowest BCUT2D eigenvalue weighted by molar-refractivity contribution is 0.304. The Kier molecular flexibility index (Phi) is 10.3. The molecule has 0 aliphatic carbocycles. The van der Waals surface area contributed by atoms with Crippen LogP contribution >= 0.6 is 11.6 Å². The Balaban J connectivity index is 1.55. The first-order valence-electron chi connectivity index (χ1n) is 12.7. The highest BCUT2D eigenvalue weighted by molar-refractivity contribution is 6.31. The van der Waals surface area contributed by atoms with Crippen molar-refractivity contribution >= 4 is 11.6 Å². The number of hydrogen-bond acceptors (Lipinski definition) is 1. The summed E-state index contributed by atoms with van der Waals surface area (Å²) in [6, 6.07) is 23.6. The van der Waals surface area contributed by atoms with E-state index in [4.69, 9.17) is 16.3 Å². The molecule has 0 aromatic heterocycles. The lowest BCUT2D eigenvalue weighted by atomic mass is 9.96. The molecule has 0 heterocycles. The Morgan fingerprint density at radius 1 is 0.697 bits per heavy atom. The quantitative estimate of drug-likeness (QED) is 0.229. The molecule has 0 saturated carbocycles. The summed E-state index contributed by atoms with van der Waals surface area (Å²) < 4.78 is 5.92. The Morgan fingerprint density at radius 2 is 1.24 bits per heavy atom. The Hall–Kier alpha value is -2.25. The molecule has 1 nitrogen and oxygen atoms in total. The van der Waals surface area contributed by atoms with Crippen LogP contribution in [0.25, 0.3) is 22.3 Å². The molecule has 3 aromatic carbocycles. The molecule has 0 aliphatic heterocycles. The topological polar surface area (TPSA) is 9.23 Å². The predicted molar refractivity (Wildman–Crippen MR) is 144 cm³/mol. The molecule has 33 heavy (non-hydrogen) atoms. The van der Waals surface area contributed by atoms with Crippen molar-refractivity contribution in [1.82, 2.24) is 0 Å². The SMILES string of the molecule is CCCCCCCCOc1ccc(-c2ccc(-c3ccc(CC(C)CC)c(Cl)c3)cc2)cc1. The van der Waals surface area contributed by atoms with Crippen molar-refractivity contribution in [3.8, 4) is 28.0 Å². The lowest BCUT2D eigenvalue weighted by Gasteiger charge is -2.12. The molecular formula is C31H39ClO. The maximum Gasteiger partial charge on any atom is 0.119 e. The first-order valence-corrected chi connectivity index (χ1v) is 13.1.